The van der Waals surface area contributed by atoms with Crippen LogP contribution in [0.3, 0.4) is 0 Å². The van der Waals surface area contributed by atoms with E-state index in [0.29, 0.717) is 29.7 Å². The third kappa shape index (κ3) is 3.39. The molecule has 28 heavy (non-hydrogen) atoms. The van der Waals surface area contributed by atoms with Gasteiger partial charge in [0.15, 0.2) is 15.4 Å². The quantitative estimate of drug-likeness (QED) is 0.730. The van der Waals surface area contributed by atoms with Gasteiger partial charge < -0.3 is 4.74 Å². The zero-order valence-corrected chi connectivity index (χ0v) is 17.8. The van der Waals surface area contributed by atoms with E-state index in [4.69, 9.17) is 4.74 Å². The third-order valence-electron chi connectivity index (χ3n) is 5.65. The number of carbonyl (C=O) groups excluding carboxylic acids is 1. The summed E-state index contributed by atoms with van der Waals surface area (Å²) in [5.41, 5.74) is 3.50. The minimum absolute atomic E-state index is 0.0112. The fourth-order valence-corrected chi connectivity index (χ4v) is 4.19. The molecule has 0 atom stereocenters. The van der Waals surface area contributed by atoms with Crippen LogP contribution in [0.4, 0.5) is 0 Å². The van der Waals surface area contributed by atoms with Gasteiger partial charge >= 0.3 is 0 Å². The first-order chi connectivity index (χ1) is 13.1. The first-order valence-electron chi connectivity index (χ1n) is 9.49. The summed E-state index contributed by atoms with van der Waals surface area (Å²) in [5.74, 6) is 0.514. The minimum atomic E-state index is -3.29. The SMILES string of the molecule is CCC1(CC)OC(c2ccc(S(C)(=O)=O)cc2)=C(c2ccc(C)c(C)c2)C1=O. The van der Waals surface area contributed by atoms with E-state index in [-0.39, 0.29) is 10.7 Å². The van der Waals surface area contributed by atoms with Crippen molar-refractivity contribution in [2.45, 2.75) is 51.0 Å². The van der Waals surface area contributed by atoms with Gasteiger partial charge in [0, 0.05) is 11.8 Å². The second-order valence-electron chi connectivity index (χ2n) is 7.43. The van der Waals surface area contributed by atoms with E-state index in [1.807, 2.05) is 45.9 Å². The number of hydrogen-bond donors (Lipinski definition) is 0. The number of hydrogen-bond acceptors (Lipinski definition) is 4. The van der Waals surface area contributed by atoms with Gasteiger partial charge in [-0.3, -0.25) is 4.79 Å². The van der Waals surface area contributed by atoms with Crippen molar-refractivity contribution < 1.29 is 17.9 Å². The Balaban J connectivity index is 2.20. The maximum atomic E-state index is 13.4. The minimum Gasteiger partial charge on any atom is -0.478 e. The van der Waals surface area contributed by atoms with Gasteiger partial charge in [-0.25, -0.2) is 8.42 Å². The highest BCUT2D eigenvalue weighted by Gasteiger charge is 2.47. The van der Waals surface area contributed by atoms with E-state index in [2.05, 4.69) is 0 Å². The fourth-order valence-electron chi connectivity index (χ4n) is 3.56. The largest absolute Gasteiger partial charge is 0.478 e. The molecule has 4 nitrogen and oxygen atoms in total. The summed E-state index contributed by atoms with van der Waals surface area (Å²) < 4.78 is 29.8. The Labute approximate surface area is 167 Å². The summed E-state index contributed by atoms with van der Waals surface area (Å²) in [6.07, 6.45) is 2.32. The summed E-state index contributed by atoms with van der Waals surface area (Å²) in [7, 11) is -3.29. The Morgan fingerprint density at radius 3 is 1.96 bits per heavy atom. The molecule has 0 amide bonds. The monoisotopic (exact) mass is 398 g/mol. The molecule has 0 spiro atoms. The van der Waals surface area contributed by atoms with Gasteiger partial charge in [0.1, 0.15) is 5.76 Å². The van der Waals surface area contributed by atoms with Crippen molar-refractivity contribution >= 4 is 27.0 Å². The van der Waals surface area contributed by atoms with Crippen LogP contribution in [0.15, 0.2) is 47.4 Å². The van der Waals surface area contributed by atoms with Crippen molar-refractivity contribution in [3.8, 4) is 0 Å². The Hall–Kier alpha value is -2.40. The molecule has 2 aromatic carbocycles. The number of Topliss-reactive ketones (excluding diaryl/α,β-unsaturated/α-hetero) is 1. The lowest BCUT2D eigenvalue weighted by Crippen LogP contribution is -2.35. The standard InChI is InChI=1S/C23H26O4S/c1-6-23(7-2)22(24)20(18-9-8-15(3)16(4)14-18)21(27-23)17-10-12-19(13-11-17)28(5,25)26/h8-14H,6-7H2,1-5H3. The third-order valence-corrected chi connectivity index (χ3v) is 6.78. The van der Waals surface area contributed by atoms with Crippen molar-refractivity contribution in [3.05, 3.63) is 64.7 Å². The van der Waals surface area contributed by atoms with Crippen LogP contribution in [0.2, 0.25) is 0 Å². The van der Waals surface area contributed by atoms with Gasteiger partial charge in [-0.15, -0.1) is 0 Å². The van der Waals surface area contributed by atoms with E-state index in [9.17, 15) is 13.2 Å². The molecule has 0 aromatic heterocycles. The lowest BCUT2D eigenvalue weighted by atomic mass is 9.86. The number of sulfone groups is 1. The summed E-state index contributed by atoms with van der Waals surface area (Å²) in [5, 5.41) is 0. The smallest absolute Gasteiger partial charge is 0.210 e. The first kappa shape index (κ1) is 20.3. The van der Waals surface area contributed by atoms with Crippen LogP contribution in [0, 0.1) is 13.8 Å². The Morgan fingerprint density at radius 1 is 0.893 bits per heavy atom. The molecule has 5 heteroatoms. The highest BCUT2D eigenvalue weighted by molar-refractivity contribution is 7.90. The number of benzene rings is 2. The number of ether oxygens (including phenoxy) is 1. The predicted molar refractivity (Wildman–Crippen MR) is 112 cm³/mol. The van der Waals surface area contributed by atoms with Crippen molar-refractivity contribution in [3.63, 3.8) is 0 Å². The van der Waals surface area contributed by atoms with Gasteiger partial charge in [-0.2, -0.15) is 0 Å². The molecule has 0 unspecified atom stereocenters. The van der Waals surface area contributed by atoms with Gasteiger partial charge in [0.25, 0.3) is 0 Å². The molecule has 1 aliphatic rings. The summed E-state index contributed by atoms with van der Waals surface area (Å²) >= 11 is 0. The molecule has 0 bridgehead atoms. The fraction of sp³-hybridized carbons (Fsp3) is 0.348. The molecule has 0 aliphatic carbocycles. The molecule has 0 radical (unpaired) electrons. The van der Waals surface area contributed by atoms with E-state index in [1.54, 1.807) is 24.3 Å². The topological polar surface area (TPSA) is 60.4 Å². The van der Waals surface area contributed by atoms with Crippen molar-refractivity contribution in [2.75, 3.05) is 6.26 Å². The molecule has 1 heterocycles. The average Bonchev–Trinajstić information content (AvgIpc) is 2.96. The average molecular weight is 399 g/mol. The molecule has 2 aromatic rings. The lowest BCUT2D eigenvalue weighted by Gasteiger charge is -2.25. The second-order valence-corrected chi connectivity index (χ2v) is 9.45. The number of ketones is 1. The molecule has 0 fully saturated rings. The van der Waals surface area contributed by atoms with Gasteiger partial charge in [0.2, 0.25) is 5.78 Å². The van der Waals surface area contributed by atoms with Gasteiger partial charge in [0.05, 0.1) is 10.5 Å². The molecule has 3 rings (SSSR count). The van der Waals surface area contributed by atoms with Crippen LogP contribution in [-0.4, -0.2) is 26.1 Å². The van der Waals surface area contributed by atoms with E-state index in [1.165, 1.54) is 6.26 Å². The molecular formula is C23H26O4S. The highest BCUT2D eigenvalue weighted by Crippen LogP contribution is 2.44. The van der Waals surface area contributed by atoms with E-state index in [0.717, 1.165) is 16.7 Å². The zero-order chi connectivity index (χ0) is 20.7. The maximum Gasteiger partial charge on any atom is 0.210 e. The maximum absolute atomic E-state index is 13.4. The van der Waals surface area contributed by atoms with Crippen LogP contribution in [-0.2, 0) is 19.4 Å². The Morgan fingerprint density at radius 2 is 1.46 bits per heavy atom. The number of carbonyl (C=O) groups is 1. The highest BCUT2D eigenvalue weighted by atomic mass is 32.2. The summed E-state index contributed by atoms with van der Waals surface area (Å²) in [6, 6.07) is 12.5. The van der Waals surface area contributed by atoms with Crippen LogP contribution in [0.25, 0.3) is 11.3 Å². The second kappa shape index (κ2) is 7.21. The number of aryl methyl sites for hydroxylation is 2. The normalized spacial score (nSPS) is 16.4. The van der Waals surface area contributed by atoms with Crippen LogP contribution < -0.4 is 0 Å². The van der Waals surface area contributed by atoms with Crippen LogP contribution in [0.5, 0.6) is 0 Å². The van der Waals surface area contributed by atoms with E-state index < -0.39 is 15.4 Å². The molecule has 0 saturated heterocycles. The lowest BCUT2D eigenvalue weighted by molar-refractivity contribution is -0.128. The van der Waals surface area contributed by atoms with Crippen molar-refractivity contribution in [1.29, 1.82) is 0 Å². The summed E-state index contributed by atoms with van der Waals surface area (Å²) in [4.78, 5) is 13.7. The Bertz CT molecular complexity index is 1060. The van der Waals surface area contributed by atoms with Gasteiger partial charge in [-0.1, -0.05) is 32.0 Å². The molecule has 0 N–H and O–H groups in total. The molecule has 1 aliphatic heterocycles. The predicted octanol–water partition coefficient (Wildman–Crippen LogP) is 4.73. The molecule has 0 saturated carbocycles. The van der Waals surface area contributed by atoms with E-state index >= 15 is 0 Å². The summed E-state index contributed by atoms with van der Waals surface area (Å²) in [6.45, 7) is 7.96. The molecule has 148 valence electrons. The number of rotatable bonds is 5. The zero-order valence-electron chi connectivity index (χ0n) is 17.0. The van der Waals surface area contributed by atoms with Gasteiger partial charge in [-0.05, 0) is 67.6 Å². The first-order valence-corrected chi connectivity index (χ1v) is 11.4. The van der Waals surface area contributed by atoms with Crippen LogP contribution >= 0.6 is 0 Å². The Kier molecular flexibility index (Phi) is 5.24. The van der Waals surface area contributed by atoms with Crippen molar-refractivity contribution in [1.82, 2.24) is 0 Å². The van der Waals surface area contributed by atoms with Crippen molar-refractivity contribution in [2.24, 2.45) is 0 Å². The molecular weight excluding hydrogens is 372 g/mol. The van der Waals surface area contributed by atoms with Crippen LogP contribution in [0.1, 0.15) is 48.9 Å².